The lowest BCUT2D eigenvalue weighted by molar-refractivity contribution is 0.0696. The minimum atomic E-state index is -0.894. The molecular formula is C15H21O2. The van der Waals surface area contributed by atoms with E-state index < -0.39 is 5.97 Å². The lowest BCUT2D eigenvalue weighted by Gasteiger charge is -2.02. The van der Waals surface area contributed by atoms with E-state index >= 15 is 0 Å². The van der Waals surface area contributed by atoms with Crippen molar-refractivity contribution >= 4 is 5.97 Å². The molecular weight excluding hydrogens is 212 g/mol. The zero-order valence-corrected chi connectivity index (χ0v) is 10.5. The van der Waals surface area contributed by atoms with Gasteiger partial charge in [-0.1, -0.05) is 51.2 Å². The lowest BCUT2D eigenvalue weighted by atomic mass is 10.0. The molecule has 0 aromatic heterocycles. The molecule has 0 unspecified atom stereocenters. The normalized spacial score (nSPS) is 10.4. The molecule has 1 aromatic carbocycles. The molecule has 0 aliphatic carbocycles. The summed E-state index contributed by atoms with van der Waals surface area (Å²) in [6, 6.07) is 8.29. The highest BCUT2D eigenvalue weighted by atomic mass is 16.4. The molecule has 93 valence electrons. The van der Waals surface area contributed by atoms with Crippen LogP contribution in [0.1, 0.15) is 61.4 Å². The second-order valence-corrected chi connectivity index (χ2v) is 4.41. The van der Waals surface area contributed by atoms with Gasteiger partial charge in [0.1, 0.15) is 0 Å². The summed E-state index contributed by atoms with van der Waals surface area (Å²) in [6.07, 6.45) is 8.48. The summed E-state index contributed by atoms with van der Waals surface area (Å²) in [7, 11) is 0. The van der Waals surface area contributed by atoms with Crippen molar-refractivity contribution in [1.29, 1.82) is 0 Å². The van der Waals surface area contributed by atoms with Crippen molar-refractivity contribution in [2.24, 2.45) is 0 Å². The van der Waals surface area contributed by atoms with Gasteiger partial charge in [-0.15, -0.1) is 0 Å². The number of carboxylic acid groups (broad SMARTS) is 1. The van der Waals surface area contributed by atoms with Crippen LogP contribution in [0.25, 0.3) is 0 Å². The summed E-state index contributed by atoms with van der Waals surface area (Å²) < 4.78 is 0. The molecule has 0 atom stereocenters. The van der Waals surface area contributed by atoms with Crippen molar-refractivity contribution in [2.75, 3.05) is 0 Å². The fraction of sp³-hybridized carbons (Fsp3) is 0.533. The summed E-state index contributed by atoms with van der Waals surface area (Å²) in [5.41, 5.74) is 1.29. The number of carbonyl (C=O) groups is 1. The van der Waals surface area contributed by atoms with Gasteiger partial charge in [0.15, 0.2) is 0 Å². The molecule has 1 N–H and O–H groups in total. The number of hydrogen-bond acceptors (Lipinski definition) is 1. The van der Waals surface area contributed by atoms with Crippen LogP contribution in [-0.2, 0) is 6.42 Å². The fourth-order valence-electron chi connectivity index (χ4n) is 1.88. The summed E-state index contributed by atoms with van der Waals surface area (Å²) in [6.45, 7) is 2.21. The van der Waals surface area contributed by atoms with Gasteiger partial charge in [0, 0.05) is 6.07 Å². The Morgan fingerprint density at radius 1 is 1.18 bits per heavy atom. The molecule has 1 rings (SSSR count). The Morgan fingerprint density at radius 2 is 1.88 bits per heavy atom. The van der Waals surface area contributed by atoms with E-state index in [1.807, 2.05) is 6.07 Å². The molecule has 2 heteroatoms. The zero-order valence-electron chi connectivity index (χ0n) is 10.5. The van der Waals surface area contributed by atoms with E-state index in [0.717, 1.165) is 18.4 Å². The largest absolute Gasteiger partial charge is 0.478 e. The van der Waals surface area contributed by atoms with Crippen LogP contribution in [0.3, 0.4) is 0 Å². The number of carboxylic acids is 1. The van der Waals surface area contributed by atoms with Crippen molar-refractivity contribution in [2.45, 2.75) is 51.9 Å². The highest BCUT2D eigenvalue weighted by molar-refractivity contribution is 5.87. The molecule has 0 fully saturated rings. The molecule has 2 nitrogen and oxygen atoms in total. The Balaban J connectivity index is 2.27. The van der Waals surface area contributed by atoms with Gasteiger partial charge in [-0.3, -0.25) is 0 Å². The Hall–Kier alpha value is -1.31. The highest BCUT2D eigenvalue weighted by Gasteiger charge is 2.03. The van der Waals surface area contributed by atoms with Crippen molar-refractivity contribution < 1.29 is 9.90 Å². The second-order valence-electron chi connectivity index (χ2n) is 4.41. The number of aromatic carboxylic acids is 1. The second kappa shape index (κ2) is 7.88. The van der Waals surface area contributed by atoms with Gasteiger partial charge in [0.2, 0.25) is 0 Å². The SMILES string of the molecule is CCCCCCCCc1[c]c(C(=O)O)ccc1. The van der Waals surface area contributed by atoms with Crippen LogP contribution in [0.5, 0.6) is 0 Å². The van der Waals surface area contributed by atoms with E-state index in [1.165, 1.54) is 32.1 Å². The topological polar surface area (TPSA) is 37.3 Å². The van der Waals surface area contributed by atoms with Crippen molar-refractivity contribution in [3.8, 4) is 0 Å². The van der Waals surface area contributed by atoms with E-state index in [4.69, 9.17) is 5.11 Å². The van der Waals surface area contributed by atoms with Crippen LogP contribution in [0.4, 0.5) is 0 Å². The van der Waals surface area contributed by atoms with E-state index in [-0.39, 0.29) is 5.56 Å². The molecule has 0 spiro atoms. The maximum absolute atomic E-state index is 10.8. The summed E-state index contributed by atoms with van der Waals surface area (Å²) in [5.74, 6) is -0.894. The first kappa shape index (κ1) is 13.8. The predicted octanol–water partition coefficient (Wildman–Crippen LogP) is 4.09. The average Bonchev–Trinajstić information content (AvgIpc) is 2.34. The minimum Gasteiger partial charge on any atom is -0.478 e. The first-order chi connectivity index (χ1) is 8.24. The van der Waals surface area contributed by atoms with Gasteiger partial charge in [0.25, 0.3) is 0 Å². The minimum absolute atomic E-state index is 0.272. The summed E-state index contributed by atoms with van der Waals surface area (Å²) >= 11 is 0. The van der Waals surface area contributed by atoms with E-state index in [9.17, 15) is 4.79 Å². The van der Waals surface area contributed by atoms with Gasteiger partial charge in [-0.25, -0.2) is 4.79 Å². The molecule has 0 saturated heterocycles. The third-order valence-corrected chi connectivity index (χ3v) is 2.89. The van der Waals surface area contributed by atoms with Gasteiger partial charge in [0.05, 0.1) is 5.56 Å². The van der Waals surface area contributed by atoms with Gasteiger partial charge < -0.3 is 5.11 Å². The van der Waals surface area contributed by atoms with Crippen molar-refractivity contribution in [1.82, 2.24) is 0 Å². The summed E-state index contributed by atoms with van der Waals surface area (Å²) in [4.78, 5) is 10.8. The number of unbranched alkanes of at least 4 members (excludes halogenated alkanes) is 5. The molecule has 0 heterocycles. The Bertz CT molecular complexity index is 345. The van der Waals surface area contributed by atoms with Gasteiger partial charge >= 0.3 is 5.97 Å². The number of benzene rings is 1. The van der Waals surface area contributed by atoms with Crippen LogP contribution in [0, 0.1) is 6.07 Å². The van der Waals surface area contributed by atoms with Crippen molar-refractivity contribution in [3.63, 3.8) is 0 Å². The lowest BCUT2D eigenvalue weighted by Crippen LogP contribution is -1.97. The maximum Gasteiger partial charge on any atom is 0.336 e. The van der Waals surface area contributed by atoms with E-state index in [2.05, 4.69) is 13.0 Å². The number of aryl methyl sites for hydroxylation is 1. The van der Waals surface area contributed by atoms with Gasteiger partial charge in [-0.05, 0) is 24.5 Å². The molecule has 0 amide bonds. The zero-order chi connectivity index (χ0) is 12.5. The molecule has 1 radical (unpaired) electrons. The third kappa shape index (κ3) is 5.53. The van der Waals surface area contributed by atoms with Gasteiger partial charge in [-0.2, -0.15) is 0 Å². The molecule has 0 bridgehead atoms. The summed E-state index contributed by atoms with van der Waals surface area (Å²) in [5, 5.41) is 8.85. The number of rotatable bonds is 8. The molecule has 17 heavy (non-hydrogen) atoms. The van der Waals surface area contributed by atoms with E-state index in [0.29, 0.717) is 0 Å². The van der Waals surface area contributed by atoms with Crippen LogP contribution in [-0.4, -0.2) is 11.1 Å². The average molecular weight is 233 g/mol. The maximum atomic E-state index is 10.8. The monoisotopic (exact) mass is 233 g/mol. The van der Waals surface area contributed by atoms with Crippen LogP contribution in [0.2, 0.25) is 0 Å². The van der Waals surface area contributed by atoms with Crippen molar-refractivity contribution in [3.05, 3.63) is 35.4 Å². The fourth-order valence-corrected chi connectivity index (χ4v) is 1.88. The third-order valence-electron chi connectivity index (χ3n) is 2.89. The smallest absolute Gasteiger partial charge is 0.336 e. The first-order valence-electron chi connectivity index (χ1n) is 6.48. The standard InChI is InChI=1S/C15H21O2/c1-2-3-4-5-6-7-9-13-10-8-11-14(12-13)15(16)17/h8,10-11H,2-7,9H2,1H3,(H,16,17). The first-order valence-corrected chi connectivity index (χ1v) is 6.48. The molecule has 0 aliphatic rings. The molecule has 0 aliphatic heterocycles. The van der Waals surface area contributed by atoms with Crippen LogP contribution >= 0.6 is 0 Å². The Morgan fingerprint density at radius 3 is 2.59 bits per heavy atom. The Kier molecular flexibility index (Phi) is 6.38. The Labute approximate surface area is 104 Å². The highest BCUT2D eigenvalue weighted by Crippen LogP contribution is 2.11. The number of hydrogen-bond donors (Lipinski definition) is 1. The molecule has 1 aromatic rings. The van der Waals surface area contributed by atoms with E-state index in [1.54, 1.807) is 12.1 Å². The van der Waals surface area contributed by atoms with Crippen LogP contribution in [0.15, 0.2) is 18.2 Å². The van der Waals surface area contributed by atoms with Crippen LogP contribution < -0.4 is 0 Å². The predicted molar refractivity (Wildman–Crippen MR) is 69.3 cm³/mol. The molecule has 0 saturated carbocycles. The quantitative estimate of drug-likeness (QED) is 0.687.